The van der Waals surface area contributed by atoms with Crippen molar-refractivity contribution in [1.29, 1.82) is 0 Å². The molecule has 1 saturated heterocycles. The zero-order valence-electron chi connectivity index (χ0n) is 16.3. The van der Waals surface area contributed by atoms with Gasteiger partial charge in [0.2, 0.25) is 15.9 Å². The molecule has 2 aromatic carbocycles. The molecule has 152 valence electrons. The normalized spacial score (nSPS) is 18.1. The Morgan fingerprint density at radius 2 is 1.97 bits per heavy atom. The number of carbonyl (C=O) groups is 1. The molecule has 1 aromatic heterocycles. The number of hydrogen-bond acceptors (Lipinski definition) is 6. The van der Waals surface area contributed by atoms with Crippen LogP contribution in [0.1, 0.15) is 24.0 Å². The number of nitrogens with one attached hydrogen (secondary N) is 1. The van der Waals surface area contributed by atoms with Crippen LogP contribution in [0.3, 0.4) is 0 Å². The highest BCUT2D eigenvalue weighted by Gasteiger charge is 2.35. The molecule has 0 saturated carbocycles. The molecule has 4 rings (SSSR count). The number of piperidine rings is 1. The molecule has 0 radical (unpaired) electrons. The molecule has 0 unspecified atom stereocenters. The van der Waals surface area contributed by atoms with Gasteiger partial charge in [0, 0.05) is 18.8 Å². The largest absolute Gasteiger partial charge is 0.326 e. The van der Waals surface area contributed by atoms with Gasteiger partial charge in [-0.25, -0.2) is 13.0 Å². The fraction of sp³-hybridized carbons (Fsp3) is 0.350. The van der Waals surface area contributed by atoms with Gasteiger partial charge in [-0.2, -0.15) is 4.31 Å². The molecule has 8 nitrogen and oxygen atoms in total. The van der Waals surface area contributed by atoms with Crippen LogP contribution in [-0.2, 0) is 14.8 Å². The summed E-state index contributed by atoms with van der Waals surface area (Å²) in [6.07, 6.45) is 1.25. The van der Waals surface area contributed by atoms with Crippen LogP contribution in [-0.4, -0.2) is 42.0 Å². The lowest BCUT2D eigenvalue weighted by Crippen LogP contribution is -2.43. The molecular formula is C20H22N4O4S. The number of aromatic nitrogens is 2. The molecule has 29 heavy (non-hydrogen) atoms. The first kappa shape index (κ1) is 19.5. The van der Waals surface area contributed by atoms with Gasteiger partial charge in [-0.15, -0.1) is 0 Å². The van der Waals surface area contributed by atoms with Crippen LogP contribution in [0.4, 0.5) is 5.69 Å². The summed E-state index contributed by atoms with van der Waals surface area (Å²) < 4.78 is 32.5. The third-order valence-corrected chi connectivity index (χ3v) is 7.38. The Bertz CT molecular complexity index is 1170. The molecule has 1 aliphatic rings. The van der Waals surface area contributed by atoms with Crippen molar-refractivity contribution >= 4 is 32.7 Å². The van der Waals surface area contributed by atoms with Crippen LogP contribution < -0.4 is 5.32 Å². The average Bonchev–Trinajstić information content (AvgIpc) is 3.20. The van der Waals surface area contributed by atoms with Crippen LogP contribution in [0.15, 0.2) is 45.9 Å². The van der Waals surface area contributed by atoms with Crippen LogP contribution in [0.25, 0.3) is 11.0 Å². The molecule has 1 N–H and O–H groups in total. The zero-order chi connectivity index (χ0) is 20.6. The van der Waals surface area contributed by atoms with E-state index in [2.05, 4.69) is 20.3 Å². The number of hydrogen-bond donors (Lipinski definition) is 1. The van der Waals surface area contributed by atoms with Crippen molar-refractivity contribution in [2.75, 3.05) is 18.4 Å². The van der Waals surface area contributed by atoms with Gasteiger partial charge in [0.25, 0.3) is 0 Å². The van der Waals surface area contributed by atoms with Gasteiger partial charge in [-0.3, -0.25) is 4.79 Å². The highest BCUT2D eigenvalue weighted by atomic mass is 32.2. The summed E-state index contributed by atoms with van der Waals surface area (Å²) in [4.78, 5) is 12.9. The minimum atomic E-state index is -3.82. The highest BCUT2D eigenvalue weighted by Crippen LogP contribution is 2.28. The van der Waals surface area contributed by atoms with Crippen LogP contribution >= 0.6 is 0 Å². The molecular weight excluding hydrogens is 392 g/mol. The maximum Gasteiger partial charge on any atom is 0.245 e. The number of rotatable bonds is 4. The lowest BCUT2D eigenvalue weighted by atomic mass is 9.98. The number of amides is 1. The third kappa shape index (κ3) is 3.63. The highest BCUT2D eigenvalue weighted by molar-refractivity contribution is 7.89. The summed E-state index contributed by atoms with van der Waals surface area (Å²) in [5.74, 6) is -0.590. The van der Waals surface area contributed by atoms with Crippen molar-refractivity contribution in [2.45, 2.75) is 31.6 Å². The number of aryl methyl sites for hydroxylation is 1. The molecule has 9 heteroatoms. The first-order valence-corrected chi connectivity index (χ1v) is 10.9. The summed E-state index contributed by atoms with van der Waals surface area (Å²) in [6.45, 7) is 4.42. The lowest BCUT2D eigenvalue weighted by molar-refractivity contribution is -0.120. The molecule has 3 aromatic rings. The average molecular weight is 414 g/mol. The van der Waals surface area contributed by atoms with E-state index in [-0.39, 0.29) is 22.9 Å². The first-order chi connectivity index (χ1) is 13.9. The number of fused-ring (bicyclic) bond motifs is 1. The van der Waals surface area contributed by atoms with Crippen molar-refractivity contribution in [2.24, 2.45) is 5.92 Å². The summed E-state index contributed by atoms with van der Waals surface area (Å²) >= 11 is 0. The molecule has 0 spiro atoms. The fourth-order valence-corrected chi connectivity index (χ4v) is 5.29. The second-order valence-corrected chi connectivity index (χ2v) is 9.23. The minimum absolute atomic E-state index is 0.0480. The third-order valence-electron chi connectivity index (χ3n) is 5.48. The second kappa shape index (κ2) is 7.57. The lowest BCUT2D eigenvalue weighted by Gasteiger charge is -2.31. The Kier molecular flexibility index (Phi) is 5.10. The van der Waals surface area contributed by atoms with Crippen molar-refractivity contribution in [3.05, 3.63) is 47.5 Å². The van der Waals surface area contributed by atoms with Gasteiger partial charge in [-0.1, -0.05) is 18.2 Å². The van der Waals surface area contributed by atoms with E-state index in [0.29, 0.717) is 24.9 Å². The number of anilines is 1. The van der Waals surface area contributed by atoms with Gasteiger partial charge in [0.05, 0.1) is 5.92 Å². The summed E-state index contributed by atoms with van der Waals surface area (Å²) in [7, 11) is -3.82. The van der Waals surface area contributed by atoms with Gasteiger partial charge in [0.15, 0.2) is 5.52 Å². The van der Waals surface area contributed by atoms with Gasteiger partial charge >= 0.3 is 0 Å². The summed E-state index contributed by atoms with van der Waals surface area (Å²) in [5, 5.41) is 10.4. The Morgan fingerprint density at radius 1 is 1.17 bits per heavy atom. The van der Waals surface area contributed by atoms with Gasteiger partial charge in [0.1, 0.15) is 10.4 Å². The second-order valence-electron chi connectivity index (χ2n) is 7.33. The number of carbonyl (C=O) groups excluding carboxylic acids is 1. The van der Waals surface area contributed by atoms with Gasteiger partial charge in [-0.05, 0) is 66.3 Å². The molecule has 1 amide bonds. The predicted molar refractivity (Wildman–Crippen MR) is 108 cm³/mol. The summed E-state index contributed by atoms with van der Waals surface area (Å²) in [6, 6.07) is 10.5. The van der Waals surface area contributed by atoms with Crippen molar-refractivity contribution in [1.82, 2.24) is 14.6 Å². The van der Waals surface area contributed by atoms with E-state index in [9.17, 15) is 13.2 Å². The van der Waals surface area contributed by atoms with E-state index in [0.717, 1.165) is 16.8 Å². The standard InChI is InChI=1S/C20H22N4O4S/c1-13-6-3-8-16(14(13)2)21-20(25)15-7-5-11-24(12-15)29(26,27)18-10-4-9-17-19(18)23-28-22-17/h3-4,6,8-10,15H,5,7,11-12H2,1-2H3,(H,21,25)/t15-/m0/s1. The zero-order valence-corrected chi connectivity index (χ0v) is 17.1. The monoisotopic (exact) mass is 414 g/mol. The van der Waals surface area contributed by atoms with Gasteiger partial charge < -0.3 is 5.32 Å². The topological polar surface area (TPSA) is 105 Å². The van der Waals surface area contributed by atoms with E-state index in [4.69, 9.17) is 0 Å². The van der Waals surface area contributed by atoms with E-state index in [1.54, 1.807) is 12.1 Å². The molecule has 1 fully saturated rings. The van der Waals surface area contributed by atoms with E-state index >= 15 is 0 Å². The number of nitrogens with zero attached hydrogens (tertiary/aromatic N) is 3. The van der Waals surface area contributed by atoms with Crippen molar-refractivity contribution in [3.63, 3.8) is 0 Å². The van der Waals surface area contributed by atoms with E-state index in [1.165, 1.54) is 10.4 Å². The van der Waals surface area contributed by atoms with E-state index in [1.807, 2.05) is 32.0 Å². The SMILES string of the molecule is Cc1cccc(NC(=O)[C@H]2CCCN(S(=O)(=O)c3cccc4nonc34)C2)c1C. The van der Waals surface area contributed by atoms with Crippen LogP contribution in [0.5, 0.6) is 0 Å². The number of benzene rings is 2. The maximum absolute atomic E-state index is 13.2. The Labute approximate surface area is 168 Å². The minimum Gasteiger partial charge on any atom is -0.326 e. The first-order valence-electron chi connectivity index (χ1n) is 9.46. The molecule has 0 aliphatic carbocycles. The quantitative estimate of drug-likeness (QED) is 0.704. The van der Waals surface area contributed by atoms with Crippen molar-refractivity contribution < 1.29 is 17.8 Å². The molecule has 2 heterocycles. The van der Waals surface area contributed by atoms with Crippen LogP contribution in [0.2, 0.25) is 0 Å². The molecule has 1 aliphatic heterocycles. The Hall–Kier alpha value is -2.78. The summed E-state index contributed by atoms with van der Waals surface area (Å²) in [5.41, 5.74) is 3.44. The Balaban J connectivity index is 1.55. The maximum atomic E-state index is 13.2. The smallest absolute Gasteiger partial charge is 0.245 e. The van der Waals surface area contributed by atoms with E-state index < -0.39 is 15.9 Å². The molecule has 1 atom stereocenters. The fourth-order valence-electron chi connectivity index (χ4n) is 3.62. The predicted octanol–water partition coefficient (Wildman–Crippen LogP) is 2.88. The Morgan fingerprint density at radius 3 is 2.79 bits per heavy atom. The van der Waals surface area contributed by atoms with Crippen molar-refractivity contribution in [3.8, 4) is 0 Å². The van der Waals surface area contributed by atoms with Crippen LogP contribution in [0, 0.1) is 19.8 Å². The number of sulfonamides is 1. The molecule has 0 bridgehead atoms.